The van der Waals surface area contributed by atoms with Crippen molar-refractivity contribution in [1.82, 2.24) is 0 Å². The van der Waals surface area contributed by atoms with Gasteiger partial charge in [0.05, 0.1) is 6.61 Å². The van der Waals surface area contributed by atoms with Crippen LogP contribution < -0.4 is 0 Å². The molecule has 0 saturated heterocycles. The van der Waals surface area contributed by atoms with Gasteiger partial charge in [0.15, 0.2) is 6.10 Å². The molecule has 2 rings (SSSR count). The lowest BCUT2D eigenvalue weighted by molar-refractivity contribution is -0.156. The summed E-state index contributed by atoms with van der Waals surface area (Å²) in [5.41, 5.74) is 3.49. The number of aryl methyl sites for hydroxylation is 2. The number of hydrogen-bond acceptors (Lipinski definition) is 3. The van der Waals surface area contributed by atoms with Crippen molar-refractivity contribution in [3.8, 4) is 12.3 Å². The fourth-order valence-corrected chi connectivity index (χ4v) is 2.40. The summed E-state index contributed by atoms with van der Waals surface area (Å²) in [4.78, 5) is 11.9. The molecule has 3 nitrogen and oxygen atoms in total. The Balaban J connectivity index is 2.22. The van der Waals surface area contributed by atoms with E-state index in [1.54, 1.807) is 6.92 Å². The number of terminal acetylenes is 1. The number of carbonyl (C=O) groups excluding carboxylic acids is 1. The van der Waals surface area contributed by atoms with Crippen molar-refractivity contribution in [2.24, 2.45) is 0 Å². The lowest BCUT2D eigenvalue weighted by Gasteiger charge is -2.16. The minimum absolute atomic E-state index is 0.0978. The molecule has 0 aliphatic heterocycles. The van der Waals surface area contributed by atoms with Crippen LogP contribution in [0.2, 0.25) is 0 Å². The summed E-state index contributed by atoms with van der Waals surface area (Å²) in [6, 6.07) is 6.05. The molecule has 1 aromatic carbocycles. The molecular formula is C16H18O3. The normalized spacial score (nSPS) is 14.5. The lowest BCUT2D eigenvalue weighted by Crippen LogP contribution is -2.19. The molecule has 0 N–H and O–H groups in total. The maximum Gasteiger partial charge on any atom is 0.339 e. The van der Waals surface area contributed by atoms with Gasteiger partial charge >= 0.3 is 5.97 Å². The number of benzene rings is 1. The third kappa shape index (κ3) is 3.15. The van der Waals surface area contributed by atoms with Gasteiger partial charge in [-0.15, -0.1) is 6.42 Å². The van der Waals surface area contributed by atoms with Crippen molar-refractivity contribution in [2.75, 3.05) is 13.2 Å². The highest BCUT2D eigenvalue weighted by Gasteiger charge is 2.24. The van der Waals surface area contributed by atoms with Gasteiger partial charge in [-0.2, -0.15) is 0 Å². The van der Waals surface area contributed by atoms with E-state index in [9.17, 15) is 4.79 Å². The van der Waals surface area contributed by atoms with E-state index < -0.39 is 6.10 Å². The Kier molecular flexibility index (Phi) is 4.59. The van der Waals surface area contributed by atoms with Crippen LogP contribution in [0.5, 0.6) is 0 Å². The van der Waals surface area contributed by atoms with Crippen molar-refractivity contribution < 1.29 is 14.3 Å². The van der Waals surface area contributed by atoms with Crippen LogP contribution >= 0.6 is 0 Å². The van der Waals surface area contributed by atoms with Gasteiger partial charge in [0, 0.05) is 0 Å². The van der Waals surface area contributed by atoms with E-state index in [4.69, 9.17) is 15.9 Å². The predicted molar refractivity (Wildman–Crippen MR) is 72.6 cm³/mol. The zero-order valence-corrected chi connectivity index (χ0v) is 11.1. The van der Waals surface area contributed by atoms with Crippen LogP contribution in [0.25, 0.3) is 0 Å². The van der Waals surface area contributed by atoms with Gasteiger partial charge in [-0.25, -0.2) is 4.79 Å². The number of esters is 1. The Morgan fingerprint density at radius 2 is 2.21 bits per heavy atom. The molecule has 0 fully saturated rings. The van der Waals surface area contributed by atoms with Crippen LogP contribution in [0, 0.1) is 12.3 Å². The van der Waals surface area contributed by atoms with E-state index in [0.29, 0.717) is 6.61 Å². The molecule has 19 heavy (non-hydrogen) atoms. The van der Waals surface area contributed by atoms with Crippen molar-refractivity contribution in [3.63, 3.8) is 0 Å². The third-order valence-corrected chi connectivity index (χ3v) is 3.26. The first kappa shape index (κ1) is 13.6. The zero-order chi connectivity index (χ0) is 13.7. The lowest BCUT2D eigenvalue weighted by atomic mass is 10.0. The van der Waals surface area contributed by atoms with Gasteiger partial charge < -0.3 is 9.47 Å². The smallest absolute Gasteiger partial charge is 0.339 e. The van der Waals surface area contributed by atoms with E-state index >= 15 is 0 Å². The summed E-state index contributed by atoms with van der Waals surface area (Å²) in [7, 11) is 0. The summed E-state index contributed by atoms with van der Waals surface area (Å²) < 4.78 is 10.5. The fourth-order valence-electron chi connectivity index (χ4n) is 2.40. The first-order chi connectivity index (χ1) is 9.26. The van der Waals surface area contributed by atoms with E-state index in [1.807, 2.05) is 12.1 Å². The minimum Gasteiger partial charge on any atom is -0.464 e. The molecular weight excluding hydrogens is 240 g/mol. The van der Waals surface area contributed by atoms with E-state index in [2.05, 4.69) is 12.0 Å². The Labute approximate surface area is 113 Å². The highest BCUT2D eigenvalue weighted by atomic mass is 16.6. The van der Waals surface area contributed by atoms with Gasteiger partial charge in [0.25, 0.3) is 0 Å². The summed E-state index contributed by atoms with van der Waals surface area (Å²) in [5.74, 6) is 2.01. The standard InChI is InChI=1S/C16H18O3/c1-3-10-19-15(16(17)18-4-2)14-9-8-12-6-5-7-13(12)11-14/h1,8-9,11,15H,4-7,10H2,2H3. The van der Waals surface area contributed by atoms with Crippen molar-refractivity contribution in [2.45, 2.75) is 32.3 Å². The molecule has 1 aromatic rings. The molecule has 1 atom stereocenters. The minimum atomic E-state index is -0.720. The van der Waals surface area contributed by atoms with Crippen LogP contribution in [-0.2, 0) is 27.1 Å². The average Bonchev–Trinajstić information content (AvgIpc) is 2.87. The van der Waals surface area contributed by atoms with E-state index in [0.717, 1.165) is 18.4 Å². The van der Waals surface area contributed by atoms with Crippen LogP contribution in [0.15, 0.2) is 18.2 Å². The molecule has 100 valence electrons. The molecule has 0 aromatic heterocycles. The Hall–Kier alpha value is -1.79. The molecule has 1 unspecified atom stereocenters. The summed E-state index contributed by atoms with van der Waals surface area (Å²) >= 11 is 0. The Morgan fingerprint density at radius 1 is 1.42 bits per heavy atom. The second-order valence-electron chi connectivity index (χ2n) is 4.53. The topological polar surface area (TPSA) is 35.5 Å². The van der Waals surface area contributed by atoms with Crippen molar-refractivity contribution >= 4 is 5.97 Å². The molecule has 0 radical (unpaired) electrons. The number of carbonyl (C=O) groups is 1. The molecule has 0 amide bonds. The summed E-state index contributed by atoms with van der Waals surface area (Å²) in [6.45, 7) is 2.21. The van der Waals surface area contributed by atoms with Crippen LogP contribution in [0.4, 0.5) is 0 Å². The molecule has 0 bridgehead atoms. The largest absolute Gasteiger partial charge is 0.464 e. The van der Waals surface area contributed by atoms with Gasteiger partial charge in [-0.05, 0) is 42.9 Å². The molecule has 0 spiro atoms. The molecule has 3 heteroatoms. The first-order valence-electron chi connectivity index (χ1n) is 6.59. The SMILES string of the molecule is C#CCOC(C(=O)OCC)c1ccc2c(c1)CCC2. The van der Waals surface area contributed by atoms with Crippen LogP contribution in [0.3, 0.4) is 0 Å². The maximum absolute atomic E-state index is 11.9. The van der Waals surface area contributed by atoms with Crippen LogP contribution in [0.1, 0.15) is 36.1 Å². The maximum atomic E-state index is 11.9. The van der Waals surface area contributed by atoms with Gasteiger partial charge in [-0.1, -0.05) is 24.1 Å². The molecule has 0 heterocycles. The van der Waals surface area contributed by atoms with Gasteiger partial charge in [0.2, 0.25) is 0 Å². The van der Waals surface area contributed by atoms with Gasteiger partial charge in [-0.3, -0.25) is 0 Å². The predicted octanol–water partition coefficient (Wildman–Crippen LogP) is 2.43. The summed E-state index contributed by atoms with van der Waals surface area (Å²) in [6.07, 6.45) is 7.83. The molecule has 0 saturated carbocycles. The van der Waals surface area contributed by atoms with Gasteiger partial charge in [0.1, 0.15) is 6.61 Å². The quantitative estimate of drug-likeness (QED) is 0.601. The number of fused-ring (bicyclic) bond motifs is 1. The average molecular weight is 258 g/mol. The number of rotatable bonds is 5. The second kappa shape index (κ2) is 6.40. The molecule has 1 aliphatic rings. The van der Waals surface area contributed by atoms with Crippen molar-refractivity contribution in [1.29, 1.82) is 0 Å². The Bertz CT molecular complexity index is 499. The van der Waals surface area contributed by atoms with E-state index in [-0.39, 0.29) is 12.6 Å². The number of ether oxygens (including phenoxy) is 2. The monoisotopic (exact) mass is 258 g/mol. The third-order valence-electron chi connectivity index (χ3n) is 3.26. The van der Waals surface area contributed by atoms with Crippen molar-refractivity contribution in [3.05, 3.63) is 34.9 Å². The summed E-state index contributed by atoms with van der Waals surface area (Å²) in [5, 5.41) is 0. The highest BCUT2D eigenvalue weighted by Crippen LogP contribution is 2.27. The van der Waals surface area contributed by atoms with Crippen LogP contribution in [-0.4, -0.2) is 19.2 Å². The Morgan fingerprint density at radius 3 is 2.95 bits per heavy atom. The first-order valence-corrected chi connectivity index (χ1v) is 6.59. The second-order valence-corrected chi connectivity index (χ2v) is 4.53. The highest BCUT2D eigenvalue weighted by molar-refractivity contribution is 5.76. The molecule has 1 aliphatic carbocycles. The number of hydrogen-bond donors (Lipinski definition) is 0. The zero-order valence-electron chi connectivity index (χ0n) is 11.1. The van der Waals surface area contributed by atoms with E-state index in [1.165, 1.54) is 17.5 Å². The fraction of sp³-hybridized carbons (Fsp3) is 0.438.